The number of hydrogen-bond donors (Lipinski definition) is 7. The molecule has 13 heteroatoms. The second kappa shape index (κ2) is 14.1. The zero-order valence-corrected chi connectivity index (χ0v) is 17.9. The molecule has 166 valence electrons. The fraction of sp³-hybridized carbons (Fsp3) is 0.688. The molecular weight excluding hydrogens is 424 g/mol. The van der Waals surface area contributed by atoms with Gasteiger partial charge in [0.15, 0.2) is 0 Å². The van der Waals surface area contributed by atoms with E-state index in [1.165, 1.54) is 18.7 Å². The Morgan fingerprint density at radius 2 is 1.55 bits per heavy atom. The van der Waals surface area contributed by atoms with Crippen molar-refractivity contribution in [2.45, 2.75) is 50.4 Å². The van der Waals surface area contributed by atoms with Crippen LogP contribution in [0.1, 0.15) is 26.2 Å². The molecule has 0 spiro atoms. The maximum absolute atomic E-state index is 12.3. The molecule has 0 aliphatic carbocycles. The van der Waals surface area contributed by atoms with Gasteiger partial charge in [-0.2, -0.15) is 24.4 Å². The molecule has 3 amide bonds. The third-order valence-electron chi connectivity index (χ3n) is 3.80. The van der Waals surface area contributed by atoms with Gasteiger partial charge < -0.3 is 31.9 Å². The van der Waals surface area contributed by atoms with E-state index in [1.807, 2.05) is 6.26 Å². The van der Waals surface area contributed by atoms with E-state index < -0.39 is 60.2 Å². The van der Waals surface area contributed by atoms with Gasteiger partial charge in [0.2, 0.25) is 17.7 Å². The predicted molar refractivity (Wildman–Crippen MR) is 111 cm³/mol. The van der Waals surface area contributed by atoms with Crippen molar-refractivity contribution in [2.24, 2.45) is 5.73 Å². The molecule has 0 radical (unpaired) electrons. The number of hydrogen-bond acceptors (Lipinski definition) is 8. The molecule has 0 aromatic carbocycles. The molecule has 0 aliphatic heterocycles. The number of thioether (sulfide) groups is 1. The van der Waals surface area contributed by atoms with Crippen LogP contribution in [0.2, 0.25) is 0 Å². The van der Waals surface area contributed by atoms with Crippen molar-refractivity contribution >= 4 is 54.1 Å². The van der Waals surface area contributed by atoms with Crippen molar-refractivity contribution in [1.82, 2.24) is 16.0 Å². The normalized spacial score (nSPS) is 14.8. The van der Waals surface area contributed by atoms with Crippen molar-refractivity contribution in [3.63, 3.8) is 0 Å². The summed E-state index contributed by atoms with van der Waals surface area (Å²) < 4.78 is 0. The first-order chi connectivity index (χ1) is 13.5. The highest BCUT2D eigenvalue weighted by atomic mass is 32.2. The van der Waals surface area contributed by atoms with Crippen LogP contribution in [0.15, 0.2) is 0 Å². The van der Waals surface area contributed by atoms with Crippen LogP contribution in [0.3, 0.4) is 0 Å². The Morgan fingerprint density at radius 3 is 2.03 bits per heavy atom. The molecule has 0 bridgehead atoms. The van der Waals surface area contributed by atoms with Crippen molar-refractivity contribution in [2.75, 3.05) is 17.8 Å². The van der Waals surface area contributed by atoms with Crippen LogP contribution < -0.4 is 21.7 Å². The van der Waals surface area contributed by atoms with Crippen LogP contribution >= 0.6 is 24.4 Å². The van der Waals surface area contributed by atoms with Crippen LogP contribution in [-0.4, -0.2) is 81.8 Å². The SMILES string of the molecule is CSCCC(N)C(=O)NC(CS)C(=O)NC(C)C(=O)NC(CCC(=O)O)C(=O)O. The predicted octanol–water partition coefficient (Wildman–Crippen LogP) is -1.58. The van der Waals surface area contributed by atoms with Gasteiger partial charge in [0.1, 0.15) is 18.1 Å². The number of rotatable bonds is 14. The molecule has 7 N–H and O–H groups in total. The number of thiol groups is 1. The summed E-state index contributed by atoms with van der Waals surface area (Å²) in [5.41, 5.74) is 5.75. The molecule has 0 aromatic heterocycles. The van der Waals surface area contributed by atoms with Gasteiger partial charge in [-0.25, -0.2) is 4.79 Å². The monoisotopic (exact) mass is 452 g/mol. The number of nitrogens with two attached hydrogens (primary N) is 1. The fourth-order valence-electron chi connectivity index (χ4n) is 2.05. The summed E-state index contributed by atoms with van der Waals surface area (Å²) >= 11 is 5.55. The van der Waals surface area contributed by atoms with E-state index in [-0.39, 0.29) is 12.2 Å². The van der Waals surface area contributed by atoms with E-state index in [2.05, 4.69) is 28.6 Å². The zero-order valence-electron chi connectivity index (χ0n) is 16.2. The van der Waals surface area contributed by atoms with Gasteiger partial charge in [-0.15, -0.1) is 0 Å². The average molecular weight is 453 g/mol. The molecule has 29 heavy (non-hydrogen) atoms. The first-order valence-electron chi connectivity index (χ1n) is 8.74. The molecule has 11 nitrogen and oxygen atoms in total. The van der Waals surface area contributed by atoms with Gasteiger partial charge in [-0.05, 0) is 31.8 Å². The number of aliphatic carboxylic acids is 2. The highest BCUT2D eigenvalue weighted by Crippen LogP contribution is 2.01. The van der Waals surface area contributed by atoms with Crippen molar-refractivity contribution in [3.8, 4) is 0 Å². The van der Waals surface area contributed by atoms with Gasteiger partial charge >= 0.3 is 11.9 Å². The molecule has 4 atom stereocenters. The Morgan fingerprint density at radius 1 is 0.966 bits per heavy atom. The third-order valence-corrected chi connectivity index (χ3v) is 4.81. The Balaban J connectivity index is 4.76. The summed E-state index contributed by atoms with van der Waals surface area (Å²) in [6.07, 6.45) is 1.56. The van der Waals surface area contributed by atoms with Crippen molar-refractivity contribution < 1.29 is 34.2 Å². The topological polar surface area (TPSA) is 188 Å². The van der Waals surface area contributed by atoms with Crippen LogP contribution in [-0.2, 0) is 24.0 Å². The number of carbonyl (C=O) groups excluding carboxylic acids is 3. The lowest BCUT2D eigenvalue weighted by Gasteiger charge is -2.22. The minimum Gasteiger partial charge on any atom is -0.481 e. The Hall–Kier alpha value is -1.99. The van der Waals surface area contributed by atoms with Gasteiger partial charge in [0.25, 0.3) is 0 Å². The number of nitrogens with one attached hydrogen (secondary N) is 3. The first kappa shape index (κ1) is 27.0. The molecular formula is C16H28N4O7S2. The maximum atomic E-state index is 12.3. The zero-order chi connectivity index (χ0) is 22.6. The molecule has 4 unspecified atom stereocenters. The summed E-state index contributed by atoms with van der Waals surface area (Å²) in [5, 5.41) is 24.7. The Kier molecular flexibility index (Phi) is 13.1. The van der Waals surface area contributed by atoms with Gasteiger partial charge in [0.05, 0.1) is 6.04 Å². The maximum Gasteiger partial charge on any atom is 0.326 e. The Labute approximate surface area is 178 Å². The van der Waals surface area contributed by atoms with Gasteiger partial charge in [0, 0.05) is 12.2 Å². The minimum atomic E-state index is -1.41. The van der Waals surface area contributed by atoms with Crippen LogP contribution in [0, 0.1) is 0 Å². The average Bonchev–Trinajstić information content (AvgIpc) is 2.65. The van der Waals surface area contributed by atoms with E-state index in [0.717, 1.165) is 0 Å². The lowest BCUT2D eigenvalue weighted by molar-refractivity contribution is -0.143. The first-order valence-corrected chi connectivity index (χ1v) is 10.8. The minimum absolute atomic E-state index is 0.0441. The molecule has 0 heterocycles. The second-order valence-electron chi connectivity index (χ2n) is 6.19. The molecule has 0 aromatic rings. The van der Waals surface area contributed by atoms with Crippen LogP contribution in [0.4, 0.5) is 0 Å². The number of carboxylic acid groups (broad SMARTS) is 2. The smallest absolute Gasteiger partial charge is 0.326 e. The Bertz CT molecular complexity index is 606. The molecule has 0 rings (SSSR count). The van der Waals surface area contributed by atoms with E-state index in [0.29, 0.717) is 12.2 Å². The van der Waals surface area contributed by atoms with Crippen LogP contribution in [0.5, 0.6) is 0 Å². The van der Waals surface area contributed by atoms with Gasteiger partial charge in [-0.1, -0.05) is 0 Å². The third kappa shape index (κ3) is 10.9. The lowest BCUT2D eigenvalue weighted by atomic mass is 10.1. The van der Waals surface area contributed by atoms with E-state index in [1.54, 1.807) is 0 Å². The number of amides is 3. The highest BCUT2D eigenvalue weighted by molar-refractivity contribution is 7.98. The summed E-state index contributed by atoms with van der Waals surface area (Å²) in [5.74, 6) is -3.98. The quantitative estimate of drug-likeness (QED) is 0.153. The highest BCUT2D eigenvalue weighted by Gasteiger charge is 2.27. The number of carboxylic acids is 2. The van der Waals surface area contributed by atoms with E-state index in [9.17, 15) is 24.0 Å². The molecule has 0 saturated heterocycles. The molecule has 0 saturated carbocycles. The fourth-order valence-corrected chi connectivity index (χ4v) is 2.80. The summed E-state index contributed by atoms with van der Waals surface area (Å²) in [6, 6.07) is -4.36. The second-order valence-corrected chi connectivity index (χ2v) is 7.54. The molecule has 0 aliphatic rings. The van der Waals surface area contributed by atoms with E-state index in [4.69, 9.17) is 15.9 Å². The van der Waals surface area contributed by atoms with Crippen LogP contribution in [0.25, 0.3) is 0 Å². The lowest BCUT2D eigenvalue weighted by Crippen LogP contribution is -2.57. The van der Waals surface area contributed by atoms with Crippen molar-refractivity contribution in [3.05, 3.63) is 0 Å². The van der Waals surface area contributed by atoms with Gasteiger partial charge in [-0.3, -0.25) is 19.2 Å². The summed E-state index contributed by atoms with van der Waals surface area (Å²) in [6.45, 7) is 1.32. The number of carbonyl (C=O) groups is 5. The van der Waals surface area contributed by atoms with E-state index >= 15 is 0 Å². The summed E-state index contributed by atoms with van der Waals surface area (Å²) in [7, 11) is 0. The molecule has 0 fully saturated rings. The van der Waals surface area contributed by atoms with Crippen molar-refractivity contribution in [1.29, 1.82) is 0 Å². The summed E-state index contributed by atoms with van der Waals surface area (Å²) in [4.78, 5) is 58.2. The standard InChI is InChI=1S/C16H28N4O7S2/c1-8(13(23)19-10(16(26)27)3-4-12(21)22)18-15(25)11(7-28)20-14(24)9(17)5-6-29-2/h8-11,28H,3-7,17H2,1-2H3,(H,18,25)(H,19,23)(H,20,24)(H,21,22)(H,26,27). The largest absolute Gasteiger partial charge is 0.481 e.